The van der Waals surface area contributed by atoms with Crippen molar-refractivity contribution in [2.24, 2.45) is 11.8 Å². The molecule has 4 heteroatoms. The van der Waals surface area contributed by atoms with Crippen LogP contribution in [0.25, 0.3) is 0 Å². The van der Waals surface area contributed by atoms with E-state index in [1.165, 1.54) is 28.7 Å². The van der Waals surface area contributed by atoms with E-state index in [0.29, 0.717) is 6.04 Å². The maximum absolute atomic E-state index is 4.72. The van der Waals surface area contributed by atoms with Crippen molar-refractivity contribution in [2.45, 2.75) is 66.0 Å². The highest BCUT2D eigenvalue weighted by Gasteiger charge is 2.39. The third kappa shape index (κ3) is 3.45. The van der Waals surface area contributed by atoms with Crippen LogP contribution in [-0.4, -0.2) is 22.4 Å². The molecule has 1 aliphatic rings. The zero-order valence-electron chi connectivity index (χ0n) is 13.2. The first-order chi connectivity index (χ1) is 9.62. The number of hydrogen-bond acceptors (Lipinski definition) is 2. The van der Waals surface area contributed by atoms with Gasteiger partial charge in [-0.2, -0.15) is 5.10 Å². The fourth-order valence-electron chi connectivity index (χ4n) is 3.04. The molecule has 1 N–H and O–H groups in total. The molecule has 1 fully saturated rings. The van der Waals surface area contributed by atoms with Gasteiger partial charge in [-0.1, -0.05) is 20.8 Å². The summed E-state index contributed by atoms with van der Waals surface area (Å²) in [6, 6.07) is 0.605. The predicted molar refractivity (Wildman–Crippen MR) is 88.0 cm³/mol. The van der Waals surface area contributed by atoms with Crippen molar-refractivity contribution >= 4 is 15.9 Å². The molecule has 114 valence electrons. The molecule has 20 heavy (non-hydrogen) atoms. The summed E-state index contributed by atoms with van der Waals surface area (Å²) in [6.45, 7) is 11.0. The first kappa shape index (κ1) is 16.0. The molecule has 3 nitrogen and oxygen atoms in total. The first-order valence-electron chi connectivity index (χ1n) is 8.09. The van der Waals surface area contributed by atoms with E-state index >= 15 is 0 Å². The van der Waals surface area contributed by atoms with Gasteiger partial charge in [0.1, 0.15) is 0 Å². The lowest BCUT2D eigenvalue weighted by atomic mass is 10.0. The van der Waals surface area contributed by atoms with Gasteiger partial charge in [0, 0.05) is 19.0 Å². The van der Waals surface area contributed by atoms with E-state index in [0.717, 1.165) is 37.8 Å². The second-order valence-electron chi connectivity index (χ2n) is 6.02. The summed E-state index contributed by atoms with van der Waals surface area (Å²) >= 11 is 3.77. The van der Waals surface area contributed by atoms with E-state index in [-0.39, 0.29) is 0 Å². The minimum Gasteiger partial charge on any atom is -0.313 e. The normalized spacial score (nSPS) is 23.1. The number of aryl methyl sites for hydroxylation is 2. The monoisotopic (exact) mass is 341 g/mol. The van der Waals surface area contributed by atoms with Gasteiger partial charge < -0.3 is 5.32 Å². The molecule has 1 heterocycles. The van der Waals surface area contributed by atoms with E-state index < -0.39 is 0 Å². The Morgan fingerprint density at radius 3 is 2.60 bits per heavy atom. The maximum Gasteiger partial charge on any atom is 0.0766 e. The van der Waals surface area contributed by atoms with Crippen molar-refractivity contribution < 1.29 is 0 Å². The van der Waals surface area contributed by atoms with E-state index in [2.05, 4.69) is 53.6 Å². The third-order valence-electron chi connectivity index (χ3n) is 4.45. The summed E-state index contributed by atoms with van der Waals surface area (Å²) < 4.78 is 3.41. The van der Waals surface area contributed by atoms with Crippen LogP contribution in [0, 0.1) is 11.8 Å². The zero-order chi connectivity index (χ0) is 14.7. The Kier molecular flexibility index (Phi) is 5.67. The molecular formula is C16H28BrN3. The Bertz CT molecular complexity index is 441. The summed E-state index contributed by atoms with van der Waals surface area (Å²) in [5.41, 5.74) is 2.57. The topological polar surface area (TPSA) is 29.9 Å². The molecule has 0 amide bonds. The average molecular weight is 342 g/mol. The van der Waals surface area contributed by atoms with Gasteiger partial charge in [-0.05, 0) is 60.5 Å². The number of aromatic nitrogens is 2. The van der Waals surface area contributed by atoms with Crippen LogP contribution in [0.15, 0.2) is 4.47 Å². The van der Waals surface area contributed by atoms with Gasteiger partial charge in [0.05, 0.1) is 15.9 Å². The van der Waals surface area contributed by atoms with E-state index in [4.69, 9.17) is 5.10 Å². The summed E-state index contributed by atoms with van der Waals surface area (Å²) in [5, 5.41) is 8.47. The Morgan fingerprint density at radius 1 is 1.40 bits per heavy atom. The average Bonchev–Trinajstić information content (AvgIpc) is 3.09. The minimum atomic E-state index is 0.605. The van der Waals surface area contributed by atoms with Crippen LogP contribution in [0.5, 0.6) is 0 Å². The van der Waals surface area contributed by atoms with Crippen molar-refractivity contribution in [2.75, 3.05) is 6.54 Å². The maximum atomic E-state index is 4.72. The highest BCUT2D eigenvalue weighted by Crippen LogP contribution is 2.42. The van der Waals surface area contributed by atoms with E-state index in [1.54, 1.807) is 0 Å². The van der Waals surface area contributed by atoms with Gasteiger partial charge in [0.2, 0.25) is 0 Å². The van der Waals surface area contributed by atoms with Crippen LogP contribution in [-0.2, 0) is 19.4 Å². The van der Waals surface area contributed by atoms with Gasteiger partial charge in [-0.3, -0.25) is 4.68 Å². The van der Waals surface area contributed by atoms with Crippen LogP contribution >= 0.6 is 15.9 Å². The Labute approximate surface area is 131 Å². The smallest absolute Gasteiger partial charge is 0.0766 e. The fraction of sp³-hybridized carbons (Fsp3) is 0.812. The Hall–Kier alpha value is -0.350. The van der Waals surface area contributed by atoms with Gasteiger partial charge in [0.25, 0.3) is 0 Å². The standard InChI is InChI=1S/C16H28BrN3/c1-5-8-18-14(12-9-11(12)4)10-15-16(17)13(6-2)19-20(15)7-3/h11-12,14,18H,5-10H2,1-4H3. The van der Waals surface area contributed by atoms with Crippen LogP contribution in [0.2, 0.25) is 0 Å². The molecule has 0 saturated heterocycles. The second-order valence-corrected chi connectivity index (χ2v) is 6.81. The quantitative estimate of drug-likeness (QED) is 0.779. The van der Waals surface area contributed by atoms with Gasteiger partial charge in [0.15, 0.2) is 0 Å². The molecule has 3 atom stereocenters. The van der Waals surface area contributed by atoms with Crippen LogP contribution in [0.4, 0.5) is 0 Å². The molecule has 2 rings (SSSR count). The lowest BCUT2D eigenvalue weighted by Gasteiger charge is -2.19. The molecule has 0 bridgehead atoms. The van der Waals surface area contributed by atoms with Crippen molar-refractivity contribution in [3.63, 3.8) is 0 Å². The summed E-state index contributed by atoms with van der Waals surface area (Å²) in [6.07, 6.45) is 4.66. The molecule has 1 aliphatic carbocycles. The van der Waals surface area contributed by atoms with Crippen LogP contribution in [0.3, 0.4) is 0 Å². The SMILES string of the molecule is CCCNC(Cc1c(Br)c(CC)nn1CC)C1CC1C. The molecule has 0 aliphatic heterocycles. The highest BCUT2D eigenvalue weighted by atomic mass is 79.9. The van der Waals surface area contributed by atoms with Gasteiger partial charge in [-0.15, -0.1) is 0 Å². The first-order valence-corrected chi connectivity index (χ1v) is 8.88. The molecule has 0 aromatic carbocycles. The number of rotatable bonds is 8. The molecule has 1 aromatic heterocycles. The molecule has 0 radical (unpaired) electrons. The van der Waals surface area contributed by atoms with Crippen LogP contribution in [0.1, 0.15) is 51.9 Å². The molecule has 1 aromatic rings. The minimum absolute atomic E-state index is 0.605. The highest BCUT2D eigenvalue weighted by molar-refractivity contribution is 9.10. The summed E-state index contributed by atoms with van der Waals surface area (Å²) in [5.74, 6) is 1.73. The van der Waals surface area contributed by atoms with Crippen LogP contribution < -0.4 is 5.32 Å². The van der Waals surface area contributed by atoms with Crippen molar-refractivity contribution in [1.82, 2.24) is 15.1 Å². The number of nitrogens with zero attached hydrogens (tertiary/aromatic N) is 2. The number of hydrogen-bond donors (Lipinski definition) is 1. The lowest BCUT2D eigenvalue weighted by Crippen LogP contribution is -2.35. The van der Waals surface area contributed by atoms with Crippen molar-refractivity contribution in [3.8, 4) is 0 Å². The van der Waals surface area contributed by atoms with Crippen molar-refractivity contribution in [3.05, 3.63) is 15.9 Å². The van der Waals surface area contributed by atoms with Gasteiger partial charge >= 0.3 is 0 Å². The van der Waals surface area contributed by atoms with E-state index in [1.807, 2.05) is 0 Å². The Morgan fingerprint density at radius 2 is 2.10 bits per heavy atom. The number of nitrogens with one attached hydrogen (secondary N) is 1. The second kappa shape index (κ2) is 7.08. The fourth-order valence-corrected chi connectivity index (χ4v) is 3.76. The van der Waals surface area contributed by atoms with Crippen molar-refractivity contribution in [1.29, 1.82) is 0 Å². The molecule has 3 unspecified atom stereocenters. The molecular weight excluding hydrogens is 314 g/mol. The van der Waals surface area contributed by atoms with Gasteiger partial charge in [-0.25, -0.2) is 0 Å². The summed E-state index contributed by atoms with van der Waals surface area (Å²) in [4.78, 5) is 0. The predicted octanol–water partition coefficient (Wildman–Crippen LogP) is 3.79. The molecule has 1 saturated carbocycles. The van der Waals surface area contributed by atoms with E-state index in [9.17, 15) is 0 Å². The zero-order valence-corrected chi connectivity index (χ0v) is 14.8. The Balaban J connectivity index is 2.14. The largest absolute Gasteiger partial charge is 0.313 e. The lowest BCUT2D eigenvalue weighted by molar-refractivity contribution is 0.429. The summed E-state index contributed by atoms with van der Waals surface area (Å²) in [7, 11) is 0. The molecule has 0 spiro atoms. The number of halogens is 1. The third-order valence-corrected chi connectivity index (χ3v) is 5.37.